The first-order valence-electron chi connectivity index (χ1n) is 10.1. The van der Waals surface area contributed by atoms with Crippen LogP contribution in [0, 0.1) is 12.8 Å². The van der Waals surface area contributed by atoms with E-state index in [2.05, 4.69) is 17.0 Å². The number of rotatable bonds is 7. The average Bonchev–Trinajstić information content (AvgIpc) is 3.22. The number of nitrogens with zero attached hydrogens (tertiary/aromatic N) is 4. The Bertz CT molecular complexity index is 647. The number of aromatic nitrogens is 2. The summed E-state index contributed by atoms with van der Waals surface area (Å²) in [6.45, 7) is 9.64. The van der Waals surface area contributed by atoms with Crippen molar-refractivity contribution in [1.82, 2.24) is 19.6 Å². The molecule has 1 spiro atoms. The van der Waals surface area contributed by atoms with E-state index >= 15 is 0 Å². The fourth-order valence-corrected chi connectivity index (χ4v) is 4.51. The molecule has 0 unspecified atom stereocenters. The molecular formula is C20H34N4O3. The number of ether oxygens (including phenoxy) is 2. The Kier molecular flexibility index (Phi) is 6.55. The molecule has 2 aliphatic rings. The molecule has 0 N–H and O–H groups in total. The SMILES string of the molecule is CCn1nc(C)cc1C(=O)N1CCC[C@@]2(C[C@@H](CN(C)CCOC)CO2)C1. The minimum atomic E-state index is -0.174. The van der Waals surface area contributed by atoms with Gasteiger partial charge in [0.15, 0.2) is 0 Å². The number of carbonyl (C=O) groups excluding carboxylic acids is 1. The molecule has 2 atom stereocenters. The zero-order chi connectivity index (χ0) is 19.4. The van der Waals surface area contributed by atoms with Gasteiger partial charge in [-0.2, -0.15) is 5.10 Å². The van der Waals surface area contributed by atoms with Gasteiger partial charge < -0.3 is 19.3 Å². The molecule has 2 saturated heterocycles. The van der Waals surface area contributed by atoms with E-state index in [0.717, 1.165) is 57.8 Å². The van der Waals surface area contributed by atoms with Gasteiger partial charge in [0.2, 0.25) is 0 Å². The van der Waals surface area contributed by atoms with Gasteiger partial charge in [0.05, 0.1) is 31.1 Å². The van der Waals surface area contributed by atoms with Crippen molar-refractivity contribution in [3.05, 3.63) is 17.5 Å². The number of methoxy groups -OCH3 is 1. The van der Waals surface area contributed by atoms with Crippen LogP contribution in [0.25, 0.3) is 0 Å². The monoisotopic (exact) mass is 378 g/mol. The average molecular weight is 379 g/mol. The van der Waals surface area contributed by atoms with Crippen LogP contribution < -0.4 is 0 Å². The number of likely N-dealkylation sites (tertiary alicyclic amines) is 1. The van der Waals surface area contributed by atoms with Crippen molar-refractivity contribution in [3.8, 4) is 0 Å². The lowest BCUT2D eigenvalue weighted by Gasteiger charge is -2.39. The molecule has 3 rings (SSSR count). The highest BCUT2D eigenvalue weighted by Gasteiger charge is 2.44. The summed E-state index contributed by atoms with van der Waals surface area (Å²) in [5.41, 5.74) is 1.41. The maximum Gasteiger partial charge on any atom is 0.272 e. The molecule has 7 heteroatoms. The maximum absolute atomic E-state index is 13.1. The van der Waals surface area contributed by atoms with E-state index in [1.165, 1.54) is 0 Å². The van der Waals surface area contributed by atoms with E-state index in [9.17, 15) is 4.79 Å². The number of piperidine rings is 1. The number of hydrogen-bond acceptors (Lipinski definition) is 5. The zero-order valence-corrected chi connectivity index (χ0v) is 17.2. The lowest BCUT2D eigenvalue weighted by Crippen LogP contribution is -2.50. The summed E-state index contributed by atoms with van der Waals surface area (Å²) < 4.78 is 13.3. The van der Waals surface area contributed by atoms with E-state index in [1.54, 1.807) is 7.11 Å². The summed E-state index contributed by atoms with van der Waals surface area (Å²) in [6, 6.07) is 1.90. The summed E-state index contributed by atoms with van der Waals surface area (Å²) in [5.74, 6) is 0.603. The second-order valence-corrected chi connectivity index (χ2v) is 8.14. The third-order valence-electron chi connectivity index (χ3n) is 5.78. The Labute approximate surface area is 162 Å². The number of aryl methyl sites for hydroxylation is 2. The number of carbonyl (C=O) groups is 1. The molecule has 1 aromatic heterocycles. The molecule has 1 aromatic rings. The largest absolute Gasteiger partial charge is 0.383 e. The molecule has 0 aliphatic carbocycles. The van der Waals surface area contributed by atoms with Gasteiger partial charge in [-0.1, -0.05) is 0 Å². The fourth-order valence-electron chi connectivity index (χ4n) is 4.51. The van der Waals surface area contributed by atoms with Crippen molar-refractivity contribution in [2.24, 2.45) is 5.92 Å². The Morgan fingerprint density at radius 1 is 1.52 bits per heavy atom. The molecule has 2 fully saturated rings. The van der Waals surface area contributed by atoms with Crippen LogP contribution in [0.4, 0.5) is 0 Å². The number of amides is 1. The first-order valence-corrected chi connectivity index (χ1v) is 10.1. The second kappa shape index (κ2) is 8.71. The molecule has 3 heterocycles. The van der Waals surface area contributed by atoms with Gasteiger partial charge in [-0.25, -0.2) is 0 Å². The van der Waals surface area contributed by atoms with E-state index in [-0.39, 0.29) is 11.5 Å². The van der Waals surface area contributed by atoms with Crippen LogP contribution in [0.2, 0.25) is 0 Å². The molecule has 0 bridgehead atoms. The first-order chi connectivity index (χ1) is 13.0. The maximum atomic E-state index is 13.1. The molecular weight excluding hydrogens is 344 g/mol. The highest BCUT2D eigenvalue weighted by atomic mass is 16.5. The minimum absolute atomic E-state index is 0.0841. The van der Waals surface area contributed by atoms with Crippen molar-refractivity contribution >= 4 is 5.91 Å². The quantitative estimate of drug-likeness (QED) is 0.724. The highest BCUT2D eigenvalue weighted by molar-refractivity contribution is 5.92. The van der Waals surface area contributed by atoms with Gasteiger partial charge in [-0.15, -0.1) is 0 Å². The third kappa shape index (κ3) is 4.70. The topological polar surface area (TPSA) is 59.8 Å². The Morgan fingerprint density at radius 2 is 2.33 bits per heavy atom. The van der Waals surface area contributed by atoms with Crippen LogP contribution in [-0.4, -0.2) is 84.6 Å². The third-order valence-corrected chi connectivity index (χ3v) is 5.78. The standard InChI is InChI=1S/C20H34N4O3/c1-5-24-18(11-16(2)21-24)19(25)23-8-6-7-20(15-23)12-17(14-27-20)13-22(3)9-10-26-4/h11,17H,5-10,12-15H2,1-4H3/t17-,20+/m0/s1. The molecule has 1 amide bonds. The van der Waals surface area contributed by atoms with Crippen molar-refractivity contribution < 1.29 is 14.3 Å². The molecule has 27 heavy (non-hydrogen) atoms. The minimum Gasteiger partial charge on any atom is -0.383 e. The second-order valence-electron chi connectivity index (χ2n) is 8.14. The zero-order valence-electron chi connectivity index (χ0n) is 17.2. The number of hydrogen-bond donors (Lipinski definition) is 0. The molecule has 0 aromatic carbocycles. The van der Waals surface area contributed by atoms with Crippen LogP contribution in [0.5, 0.6) is 0 Å². The summed E-state index contributed by atoms with van der Waals surface area (Å²) in [6.07, 6.45) is 3.07. The normalized spacial score (nSPS) is 25.7. The van der Waals surface area contributed by atoms with E-state index < -0.39 is 0 Å². The summed E-state index contributed by atoms with van der Waals surface area (Å²) >= 11 is 0. The fraction of sp³-hybridized carbons (Fsp3) is 0.800. The van der Waals surface area contributed by atoms with Crippen molar-refractivity contribution in [1.29, 1.82) is 0 Å². The Hall–Kier alpha value is -1.44. The lowest BCUT2D eigenvalue weighted by atomic mass is 9.86. The summed E-state index contributed by atoms with van der Waals surface area (Å²) in [5, 5.41) is 4.43. The summed E-state index contributed by atoms with van der Waals surface area (Å²) in [7, 11) is 3.87. The smallest absolute Gasteiger partial charge is 0.272 e. The van der Waals surface area contributed by atoms with Gasteiger partial charge in [0.25, 0.3) is 5.91 Å². The van der Waals surface area contributed by atoms with Crippen LogP contribution in [0.1, 0.15) is 42.4 Å². The van der Waals surface area contributed by atoms with Crippen molar-refractivity contribution in [3.63, 3.8) is 0 Å². The van der Waals surface area contributed by atoms with Gasteiger partial charge in [0, 0.05) is 33.3 Å². The van der Waals surface area contributed by atoms with E-state index in [0.29, 0.717) is 24.7 Å². The van der Waals surface area contributed by atoms with E-state index in [1.807, 2.05) is 29.5 Å². The Morgan fingerprint density at radius 3 is 3.07 bits per heavy atom. The van der Waals surface area contributed by atoms with Gasteiger partial charge in [-0.05, 0) is 52.1 Å². The molecule has 7 nitrogen and oxygen atoms in total. The Balaban J connectivity index is 1.61. The predicted octanol–water partition coefficient (Wildman–Crippen LogP) is 1.80. The van der Waals surface area contributed by atoms with Gasteiger partial charge >= 0.3 is 0 Å². The highest BCUT2D eigenvalue weighted by Crippen LogP contribution is 2.38. The lowest BCUT2D eigenvalue weighted by molar-refractivity contribution is -0.0452. The van der Waals surface area contributed by atoms with Gasteiger partial charge in [-0.3, -0.25) is 9.48 Å². The van der Waals surface area contributed by atoms with Crippen molar-refractivity contribution in [2.75, 3.05) is 53.6 Å². The molecule has 0 saturated carbocycles. The molecule has 152 valence electrons. The van der Waals surface area contributed by atoms with E-state index in [4.69, 9.17) is 9.47 Å². The summed E-state index contributed by atoms with van der Waals surface area (Å²) in [4.78, 5) is 17.4. The first kappa shape index (κ1) is 20.3. The molecule has 0 radical (unpaired) electrons. The van der Waals surface area contributed by atoms with Crippen LogP contribution in [0.15, 0.2) is 6.07 Å². The van der Waals surface area contributed by atoms with Crippen LogP contribution >= 0.6 is 0 Å². The molecule has 2 aliphatic heterocycles. The predicted molar refractivity (Wildman–Crippen MR) is 104 cm³/mol. The van der Waals surface area contributed by atoms with Crippen LogP contribution in [-0.2, 0) is 16.0 Å². The van der Waals surface area contributed by atoms with Crippen LogP contribution in [0.3, 0.4) is 0 Å². The van der Waals surface area contributed by atoms with Crippen molar-refractivity contribution in [2.45, 2.75) is 45.3 Å². The van der Waals surface area contributed by atoms with Gasteiger partial charge in [0.1, 0.15) is 5.69 Å². The number of likely N-dealkylation sites (N-methyl/N-ethyl adjacent to an activating group) is 1.